The van der Waals surface area contributed by atoms with Crippen LogP contribution in [0.15, 0.2) is 23.1 Å². The van der Waals surface area contributed by atoms with Crippen molar-refractivity contribution in [3.05, 3.63) is 29.6 Å². The van der Waals surface area contributed by atoms with E-state index in [0.717, 1.165) is 17.7 Å². The van der Waals surface area contributed by atoms with Crippen molar-refractivity contribution < 1.29 is 14.0 Å². The summed E-state index contributed by atoms with van der Waals surface area (Å²) in [7, 11) is 0. The number of fused-ring (bicyclic) bond motifs is 1. The summed E-state index contributed by atoms with van der Waals surface area (Å²) in [6.07, 6.45) is 0.819. The Bertz CT molecular complexity index is 428. The van der Waals surface area contributed by atoms with Crippen molar-refractivity contribution in [3.8, 4) is 0 Å². The molecule has 3 N–H and O–H groups in total. The van der Waals surface area contributed by atoms with E-state index in [0.29, 0.717) is 4.90 Å². The molecule has 1 heterocycles. The maximum Gasteiger partial charge on any atom is 0.245 e. The van der Waals surface area contributed by atoms with Gasteiger partial charge in [-0.25, -0.2) is 4.39 Å². The standard InChI is InChI=1S/C11H13FN2O2S/c12-8-3-1-2-7-9(4-5-17-11(7)8)14-16-6-10(13)15/h1-3,9,14H,4-6H2,(H2,13,15). The van der Waals surface area contributed by atoms with Gasteiger partial charge >= 0.3 is 0 Å². The Hall–Kier alpha value is -1.11. The number of amides is 1. The lowest BCUT2D eigenvalue weighted by Gasteiger charge is -2.25. The molecule has 1 aromatic carbocycles. The van der Waals surface area contributed by atoms with Crippen LogP contribution in [0.3, 0.4) is 0 Å². The smallest absolute Gasteiger partial charge is 0.245 e. The van der Waals surface area contributed by atoms with Gasteiger partial charge in [0.2, 0.25) is 5.91 Å². The van der Waals surface area contributed by atoms with Crippen LogP contribution in [0.25, 0.3) is 0 Å². The summed E-state index contributed by atoms with van der Waals surface area (Å²) < 4.78 is 13.5. The van der Waals surface area contributed by atoms with Gasteiger partial charge in [-0.3, -0.25) is 9.63 Å². The highest BCUT2D eigenvalue weighted by Gasteiger charge is 2.23. The summed E-state index contributed by atoms with van der Waals surface area (Å²) in [6.45, 7) is -0.186. The highest BCUT2D eigenvalue weighted by Crippen LogP contribution is 2.37. The maximum absolute atomic E-state index is 13.5. The maximum atomic E-state index is 13.5. The van der Waals surface area contributed by atoms with Crippen LogP contribution in [0.1, 0.15) is 18.0 Å². The second kappa shape index (κ2) is 5.48. The fraction of sp³-hybridized carbons (Fsp3) is 0.364. The molecule has 6 heteroatoms. The Labute approximate surface area is 103 Å². The zero-order valence-electron chi connectivity index (χ0n) is 9.11. The van der Waals surface area contributed by atoms with Gasteiger partial charge in [0.15, 0.2) is 0 Å². The number of benzene rings is 1. The molecule has 2 rings (SSSR count). The highest BCUT2D eigenvalue weighted by atomic mass is 32.2. The topological polar surface area (TPSA) is 64.4 Å². The molecule has 0 aromatic heterocycles. The Morgan fingerprint density at radius 3 is 3.24 bits per heavy atom. The van der Waals surface area contributed by atoms with E-state index in [1.54, 1.807) is 6.07 Å². The van der Waals surface area contributed by atoms with Crippen molar-refractivity contribution in [2.45, 2.75) is 17.4 Å². The third kappa shape index (κ3) is 2.96. The molecule has 1 aliphatic heterocycles. The fourth-order valence-corrected chi connectivity index (χ4v) is 2.86. The lowest BCUT2D eigenvalue weighted by molar-refractivity contribution is -0.126. The molecule has 0 spiro atoms. The molecular formula is C11H13FN2O2S. The Balaban J connectivity index is 2.07. The Kier molecular flexibility index (Phi) is 3.98. The molecule has 92 valence electrons. The van der Waals surface area contributed by atoms with Crippen LogP contribution < -0.4 is 11.2 Å². The SMILES string of the molecule is NC(=O)CONC1CCSc2c(F)cccc21. The van der Waals surface area contributed by atoms with Gasteiger partial charge in [-0.2, -0.15) is 5.48 Å². The quantitative estimate of drug-likeness (QED) is 0.799. The molecule has 17 heavy (non-hydrogen) atoms. The molecular weight excluding hydrogens is 243 g/mol. The van der Waals surface area contributed by atoms with Crippen LogP contribution in [0, 0.1) is 5.82 Å². The molecule has 1 amide bonds. The largest absolute Gasteiger partial charge is 0.368 e. The monoisotopic (exact) mass is 256 g/mol. The van der Waals surface area contributed by atoms with E-state index in [1.807, 2.05) is 6.07 Å². The summed E-state index contributed by atoms with van der Waals surface area (Å²) in [5.41, 5.74) is 8.58. The predicted molar refractivity (Wildman–Crippen MR) is 62.8 cm³/mol. The summed E-state index contributed by atoms with van der Waals surface area (Å²) in [6, 6.07) is 4.87. The fourth-order valence-electron chi connectivity index (χ4n) is 1.72. The first kappa shape index (κ1) is 12.3. The number of primary amides is 1. The van der Waals surface area contributed by atoms with Gasteiger partial charge in [0.1, 0.15) is 12.4 Å². The molecule has 0 fully saturated rings. The molecule has 0 saturated heterocycles. The lowest BCUT2D eigenvalue weighted by atomic mass is 10.0. The predicted octanol–water partition coefficient (Wildman–Crippen LogP) is 1.37. The number of hydrogen-bond acceptors (Lipinski definition) is 4. The first-order chi connectivity index (χ1) is 8.18. The third-order valence-corrected chi connectivity index (χ3v) is 3.63. The van der Waals surface area contributed by atoms with Crippen molar-refractivity contribution in [2.75, 3.05) is 12.4 Å². The van der Waals surface area contributed by atoms with Crippen molar-refractivity contribution in [1.82, 2.24) is 5.48 Å². The molecule has 0 bridgehead atoms. The number of nitrogens with two attached hydrogens (primary N) is 1. The molecule has 4 nitrogen and oxygen atoms in total. The van der Waals surface area contributed by atoms with Crippen molar-refractivity contribution >= 4 is 17.7 Å². The number of thioether (sulfide) groups is 1. The molecule has 1 unspecified atom stereocenters. The van der Waals surface area contributed by atoms with E-state index in [4.69, 9.17) is 10.6 Å². The summed E-state index contributed by atoms with van der Waals surface area (Å²) in [5, 5.41) is 0. The zero-order chi connectivity index (χ0) is 12.3. The van der Waals surface area contributed by atoms with Crippen LogP contribution >= 0.6 is 11.8 Å². The molecule has 1 aromatic rings. The molecule has 0 saturated carbocycles. The van der Waals surface area contributed by atoms with Crippen molar-refractivity contribution in [1.29, 1.82) is 0 Å². The van der Waals surface area contributed by atoms with Crippen LogP contribution in [-0.4, -0.2) is 18.3 Å². The van der Waals surface area contributed by atoms with E-state index in [1.165, 1.54) is 17.8 Å². The summed E-state index contributed by atoms with van der Waals surface area (Å²) in [4.78, 5) is 16.2. The molecule has 0 radical (unpaired) electrons. The van der Waals surface area contributed by atoms with E-state index in [2.05, 4.69) is 5.48 Å². The number of halogens is 1. The van der Waals surface area contributed by atoms with E-state index >= 15 is 0 Å². The van der Waals surface area contributed by atoms with E-state index in [9.17, 15) is 9.18 Å². The minimum atomic E-state index is -0.540. The van der Waals surface area contributed by atoms with Gasteiger partial charge < -0.3 is 5.73 Å². The normalized spacial score (nSPS) is 18.8. The molecule has 1 aliphatic rings. The van der Waals surface area contributed by atoms with Crippen LogP contribution in [0.4, 0.5) is 4.39 Å². The van der Waals surface area contributed by atoms with Crippen LogP contribution in [0.2, 0.25) is 0 Å². The van der Waals surface area contributed by atoms with Crippen molar-refractivity contribution in [2.24, 2.45) is 5.73 Å². The lowest BCUT2D eigenvalue weighted by Crippen LogP contribution is -2.29. The van der Waals surface area contributed by atoms with Gasteiger partial charge in [0.05, 0.1) is 6.04 Å². The first-order valence-electron chi connectivity index (χ1n) is 5.25. The highest BCUT2D eigenvalue weighted by molar-refractivity contribution is 7.99. The molecule has 1 atom stereocenters. The number of hydroxylamine groups is 1. The van der Waals surface area contributed by atoms with E-state index < -0.39 is 5.91 Å². The minimum absolute atomic E-state index is 0.0960. The molecule has 0 aliphatic carbocycles. The first-order valence-corrected chi connectivity index (χ1v) is 6.24. The zero-order valence-corrected chi connectivity index (χ0v) is 9.93. The van der Waals surface area contributed by atoms with Crippen LogP contribution in [-0.2, 0) is 9.63 Å². The van der Waals surface area contributed by atoms with Gasteiger partial charge in [0.25, 0.3) is 0 Å². The Morgan fingerprint density at radius 2 is 2.47 bits per heavy atom. The second-order valence-corrected chi connectivity index (χ2v) is 4.83. The number of nitrogens with one attached hydrogen (secondary N) is 1. The number of hydrogen-bond donors (Lipinski definition) is 2. The number of rotatable bonds is 4. The number of carbonyl (C=O) groups excluding carboxylic acids is 1. The van der Waals surface area contributed by atoms with Gasteiger partial charge in [-0.05, 0) is 18.1 Å². The third-order valence-electron chi connectivity index (χ3n) is 2.47. The minimum Gasteiger partial charge on any atom is -0.368 e. The van der Waals surface area contributed by atoms with Gasteiger partial charge in [0, 0.05) is 10.6 Å². The van der Waals surface area contributed by atoms with Gasteiger partial charge in [-0.1, -0.05) is 12.1 Å². The average Bonchev–Trinajstić information content (AvgIpc) is 2.30. The van der Waals surface area contributed by atoms with Gasteiger partial charge in [-0.15, -0.1) is 11.8 Å². The number of carbonyl (C=O) groups is 1. The van der Waals surface area contributed by atoms with Crippen molar-refractivity contribution in [3.63, 3.8) is 0 Å². The second-order valence-electron chi connectivity index (χ2n) is 3.72. The summed E-state index contributed by atoms with van der Waals surface area (Å²) in [5.74, 6) is 0.0574. The Morgan fingerprint density at radius 1 is 1.65 bits per heavy atom. The average molecular weight is 256 g/mol. The van der Waals surface area contributed by atoms with E-state index in [-0.39, 0.29) is 18.5 Å². The van der Waals surface area contributed by atoms with Crippen LogP contribution in [0.5, 0.6) is 0 Å². The summed E-state index contributed by atoms with van der Waals surface area (Å²) >= 11 is 1.50.